The Hall–Kier alpha value is -3.93. The lowest BCUT2D eigenvalue weighted by atomic mass is 9.98. The number of nitrogens with zero attached hydrogens (tertiary/aromatic N) is 3. The Morgan fingerprint density at radius 2 is 1.91 bits per heavy atom. The van der Waals surface area contributed by atoms with Gasteiger partial charge in [0.2, 0.25) is 0 Å². The van der Waals surface area contributed by atoms with Gasteiger partial charge in [0.1, 0.15) is 17.0 Å². The SMILES string of the molecule is CC(C)CC(c1ccc(C(N)=O)nc1)n1cc2cc(-c3cc4ccccc4o3)ccc2n1. The summed E-state index contributed by atoms with van der Waals surface area (Å²) in [5.74, 6) is 0.764. The predicted molar refractivity (Wildman–Crippen MR) is 125 cm³/mol. The third-order valence-corrected chi connectivity index (χ3v) is 5.67. The maximum Gasteiger partial charge on any atom is 0.267 e. The molecule has 0 radical (unpaired) electrons. The molecule has 0 saturated carbocycles. The second-order valence-electron chi connectivity index (χ2n) is 8.52. The number of pyridine rings is 1. The smallest absolute Gasteiger partial charge is 0.267 e. The number of fused-ring (bicyclic) bond motifs is 2. The van der Waals surface area contributed by atoms with E-state index < -0.39 is 5.91 Å². The number of carbonyl (C=O) groups excluding carboxylic acids is 1. The lowest BCUT2D eigenvalue weighted by molar-refractivity contribution is 0.0995. The van der Waals surface area contributed by atoms with Crippen molar-refractivity contribution < 1.29 is 9.21 Å². The molecule has 2 aromatic carbocycles. The van der Waals surface area contributed by atoms with Gasteiger partial charge in [-0.3, -0.25) is 14.5 Å². The minimum atomic E-state index is -0.528. The normalized spacial score (nSPS) is 12.6. The number of rotatable bonds is 6. The zero-order valence-electron chi connectivity index (χ0n) is 18.0. The van der Waals surface area contributed by atoms with Gasteiger partial charge >= 0.3 is 0 Å². The van der Waals surface area contributed by atoms with Gasteiger partial charge in [-0.25, -0.2) is 0 Å². The minimum absolute atomic E-state index is 0.00600. The van der Waals surface area contributed by atoms with Crippen molar-refractivity contribution in [3.63, 3.8) is 0 Å². The predicted octanol–water partition coefficient (Wildman–Crippen LogP) is 5.58. The highest BCUT2D eigenvalue weighted by molar-refractivity contribution is 5.90. The van der Waals surface area contributed by atoms with E-state index in [1.54, 1.807) is 12.3 Å². The van der Waals surface area contributed by atoms with Crippen molar-refractivity contribution in [3.8, 4) is 11.3 Å². The Balaban J connectivity index is 1.53. The highest BCUT2D eigenvalue weighted by Gasteiger charge is 2.19. The first-order valence-corrected chi connectivity index (χ1v) is 10.7. The maximum absolute atomic E-state index is 11.4. The number of nitrogens with two attached hydrogens (primary N) is 1. The van der Waals surface area contributed by atoms with Gasteiger partial charge in [0.15, 0.2) is 0 Å². The second kappa shape index (κ2) is 7.96. The highest BCUT2D eigenvalue weighted by Crippen LogP contribution is 2.31. The molecule has 3 aromatic heterocycles. The minimum Gasteiger partial charge on any atom is -0.456 e. The number of benzene rings is 2. The molecule has 1 unspecified atom stereocenters. The number of hydrogen-bond donors (Lipinski definition) is 1. The molecule has 0 bridgehead atoms. The van der Waals surface area contributed by atoms with Crippen LogP contribution in [0.1, 0.15) is 42.4 Å². The Morgan fingerprint density at radius 1 is 1.06 bits per heavy atom. The quantitative estimate of drug-likeness (QED) is 0.385. The van der Waals surface area contributed by atoms with Gasteiger partial charge in [0.25, 0.3) is 5.91 Å². The molecule has 0 saturated heterocycles. The lowest BCUT2D eigenvalue weighted by Crippen LogP contribution is -2.16. The van der Waals surface area contributed by atoms with Crippen molar-refractivity contribution in [2.75, 3.05) is 0 Å². The van der Waals surface area contributed by atoms with Crippen LogP contribution in [-0.4, -0.2) is 20.7 Å². The molecular weight excluding hydrogens is 400 g/mol. The average Bonchev–Trinajstić information content (AvgIpc) is 3.41. The zero-order valence-corrected chi connectivity index (χ0v) is 18.0. The van der Waals surface area contributed by atoms with Crippen molar-refractivity contribution in [1.82, 2.24) is 14.8 Å². The molecule has 160 valence electrons. The van der Waals surface area contributed by atoms with Crippen molar-refractivity contribution in [2.45, 2.75) is 26.3 Å². The zero-order chi connectivity index (χ0) is 22.2. The maximum atomic E-state index is 11.4. The van der Waals surface area contributed by atoms with Crippen LogP contribution < -0.4 is 5.73 Å². The summed E-state index contributed by atoms with van der Waals surface area (Å²) in [7, 11) is 0. The fourth-order valence-electron chi connectivity index (χ4n) is 4.07. The van der Waals surface area contributed by atoms with E-state index in [1.165, 1.54) is 0 Å². The Labute approximate surface area is 185 Å². The van der Waals surface area contributed by atoms with E-state index in [0.717, 1.165) is 45.2 Å². The molecule has 6 nitrogen and oxygen atoms in total. The number of hydrogen-bond acceptors (Lipinski definition) is 4. The summed E-state index contributed by atoms with van der Waals surface area (Å²) in [6.45, 7) is 4.36. The van der Waals surface area contributed by atoms with Gasteiger partial charge in [-0.1, -0.05) is 38.1 Å². The molecule has 5 rings (SSSR count). The lowest BCUT2D eigenvalue weighted by Gasteiger charge is -2.20. The molecule has 0 aliphatic heterocycles. The Kier molecular flexibility index (Phi) is 4.98. The average molecular weight is 425 g/mol. The van der Waals surface area contributed by atoms with Gasteiger partial charge in [-0.15, -0.1) is 0 Å². The number of carbonyl (C=O) groups is 1. The molecule has 6 heteroatoms. The first-order chi connectivity index (χ1) is 15.5. The third kappa shape index (κ3) is 3.75. The van der Waals surface area contributed by atoms with E-state index in [-0.39, 0.29) is 11.7 Å². The van der Waals surface area contributed by atoms with Gasteiger partial charge < -0.3 is 10.2 Å². The Morgan fingerprint density at radius 3 is 2.62 bits per heavy atom. The van der Waals surface area contributed by atoms with Crippen molar-refractivity contribution in [1.29, 1.82) is 0 Å². The number of primary amides is 1. The number of aromatic nitrogens is 3. The molecular formula is C26H24N4O2. The fourth-order valence-corrected chi connectivity index (χ4v) is 4.07. The summed E-state index contributed by atoms with van der Waals surface area (Å²) in [4.78, 5) is 15.6. The molecule has 0 aliphatic rings. The molecule has 1 amide bonds. The molecule has 3 heterocycles. The summed E-state index contributed by atoms with van der Waals surface area (Å²) in [5.41, 5.74) is 9.41. The van der Waals surface area contributed by atoms with E-state index in [4.69, 9.17) is 15.2 Å². The van der Waals surface area contributed by atoms with E-state index in [9.17, 15) is 4.79 Å². The van der Waals surface area contributed by atoms with Crippen molar-refractivity contribution in [3.05, 3.63) is 84.3 Å². The third-order valence-electron chi connectivity index (χ3n) is 5.67. The van der Waals surface area contributed by atoms with E-state index >= 15 is 0 Å². The van der Waals surface area contributed by atoms with Gasteiger partial charge in [0.05, 0.1) is 11.6 Å². The van der Waals surface area contributed by atoms with E-state index in [2.05, 4.69) is 37.2 Å². The highest BCUT2D eigenvalue weighted by atomic mass is 16.3. The van der Waals surface area contributed by atoms with Crippen LogP contribution in [0.5, 0.6) is 0 Å². The van der Waals surface area contributed by atoms with Crippen LogP contribution in [0.4, 0.5) is 0 Å². The monoisotopic (exact) mass is 424 g/mol. The molecule has 1 atom stereocenters. The molecule has 2 N–H and O–H groups in total. The second-order valence-corrected chi connectivity index (χ2v) is 8.52. The van der Waals surface area contributed by atoms with Gasteiger partial charge in [0, 0.05) is 28.7 Å². The van der Waals surface area contributed by atoms with Crippen LogP contribution in [0.2, 0.25) is 0 Å². The summed E-state index contributed by atoms with van der Waals surface area (Å²) < 4.78 is 8.03. The van der Waals surface area contributed by atoms with Crippen LogP contribution in [-0.2, 0) is 0 Å². The van der Waals surface area contributed by atoms with Crippen LogP contribution in [0.25, 0.3) is 33.2 Å². The summed E-state index contributed by atoms with van der Waals surface area (Å²) in [5, 5.41) is 6.97. The van der Waals surface area contributed by atoms with Gasteiger partial charge in [-0.2, -0.15) is 5.10 Å². The fraction of sp³-hybridized carbons (Fsp3) is 0.192. The first kappa shape index (κ1) is 20.0. The number of amides is 1. The summed E-state index contributed by atoms with van der Waals surface area (Å²) in [6, 6.07) is 19.8. The largest absolute Gasteiger partial charge is 0.456 e. The number of para-hydroxylation sites is 1. The van der Waals surface area contributed by atoms with Crippen molar-refractivity contribution >= 4 is 27.8 Å². The molecule has 32 heavy (non-hydrogen) atoms. The summed E-state index contributed by atoms with van der Waals surface area (Å²) in [6.07, 6.45) is 4.68. The Bertz CT molecular complexity index is 1380. The van der Waals surface area contributed by atoms with Crippen molar-refractivity contribution in [2.24, 2.45) is 11.7 Å². The topological polar surface area (TPSA) is 86.9 Å². The number of furan rings is 1. The van der Waals surface area contributed by atoms with Crippen LogP contribution in [0.15, 0.2) is 77.5 Å². The molecule has 5 aromatic rings. The standard InChI is InChI=1S/C26H24N4O2/c1-16(2)11-23(19-8-10-22(26(27)31)28-14-19)30-15-20-12-18(7-9-21(20)29-30)25-13-17-5-3-4-6-24(17)32-25/h3-10,12-16,23H,11H2,1-2H3,(H2,27,31). The molecule has 0 fully saturated rings. The first-order valence-electron chi connectivity index (χ1n) is 10.7. The molecule has 0 aliphatic carbocycles. The van der Waals surface area contributed by atoms with Crippen LogP contribution in [0.3, 0.4) is 0 Å². The summed E-state index contributed by atoms with van der Waals surface area (Å²) >= 11 is 0. The van der Waals surface area contributed by atoms with E-state index in [0.29, 0.717) is 5.92 Å². The van der Waals surface area contributed by atoms with Gasteiger partial charge in [-0.05, 0) is 54.3 Å². The molecule has 0 spiro atoms. The van der Waals surface area contributed by atoms with Crippen LogP contribution >= 0.6 is 0 Å². The van der Waals surface area contributed by atoms with E-state index in [1.807, 2.05) is 47.1 Å². The van der Waals surface area contributed by atoms with Crippen LogP contribution in [0, 0.1) is 5.92 Å².